The molecule has 0 radical (unpaired) electrons. The highest BCUT2D eigenvalue weighted by molar-refractivity contribution is 5.81. The first kappa shape index (κ1) is 13.2. The second-order valence-electron chi connectivity index (χ2n) is 4.66. The summed E-state index contributed by atoms with van der Waals surface area (Å²) < 4.78 is 13.0. The Kier molecular flexibility index (Phi) is 3.56. The summed E-state index contributed by atoms with van der Waals surface area (Å²) in [5.41, 5.74) is 3.63. The van der Waals surface area contributed by atoms with Crippen molar-refractivity contribution in [2.45, 2.75) is 0 Å². The number of aromatic nitrogens is 1. The standard InChI is InChI=1S/C18H12FNO/c19-16-8-6-15(7-9-16)18-11-13(12-21)10-17(20-18)14-4-2-1-3-5-14/h1-12H. The highest BCUT2D eigenvalue weighted by Crippen LogP contribution is 2.24. The molecule has 3 aromatic rings. The lowest BCUT2D eigenvalue weighted by Crippen LogP contribution is -1.92. The van der Waals surface area contributed by atoms with E-state index >= 15 is 0 Å². The van der Waals surface area contributed by atoms with E-state index in [-0.39, 0.29) is 5.82 Å². The van der Waals surface area contributed by atoms with Crippen molar-refractivity contribution in [2.75, 3.05) is 0 Å². The third-order valence-corrected chi connectivity index (χ3v) is 3.19. The number of hydrogen-bond acceptors (Lipinski definition) is 2. The van der Waals surface area contributed by atoms with Crippen LogP contribution in [0.15, 0.2) is 66.7 Å². The normalized spacial score (nSPS) is 10.3. The Morgan fingerprint density at radius 3 is 1.95 bits per heavy atom. The van der Waals surface area contributed by atoms with Crippen LogP contribution in [0.4, 0.5) is 4.39 Å². The van der Waals surface area contributed by atoms with Crippen LogP contribution < -0.4 is 0 Å². The van der Waals surface area contributed by atoms with Crippen LogP contribution in [0.25, 0.3) is 22.5 Å². The summed E-state index contributed by atoms with van der Waals surface area (Å²) in [6, 6.07) is 19.2. The van der Waals surface area contributed by atoms with Gasteiger partial charge in [-0.15, -0.1) is 0 Å². The molecule has 21 heavy (non-hydrogen) atoms. The van der Waals surface area contributed by atoms with Gasteiger partial charge in [0.1, 0.15) is 12.1 Å². The van der Waals surface area contributed by atoms with E-state index in [1.807, 2.05) is 30.3 Å². The van der Waals surface area contributed by atoms with Gasteiger partial charge in [-0.2, -0.15) is 0 Å². The maximum absolute atomic E-state index is 13.0. The summed E-state index contributed by atoms with van der Waals surface area (Å²) in [6.07, 6.45) is 0.793. The van der Waals surface area contributed by atoms with Crippen molar-refractivity contribution in [2.24, 2.45) is 0 Å². The minimum absolute atomic E-state index is 0.298. The van der Waals surface area contributed by atoms with Crippen LogP contribution in [0.2, 0.25) is 0 Å². The lowest BCUT2D eigenvalue weighted by Gasteiger charge is -2.07. The molecule has 2 nitrogen and oxygen atoms in total. The Hall–Kier alpha value is -2.81. The fraction of sp³-hybridized carbons (Fsp3) is 0. The lowest BCUT2D eigenvalue weighted by atomic mass is 10.1. The van der Waals surface area contributed by atoms with E-state index in [1.54, 1.807) is 24.3 Å². The van der Waals surface area contributed by atoms with E-state index in [4.69, 9.17) is 0 Å². The summed E-state index contributed by atoms with van der Waals surface area (Å²) in [6.45, 7) is 0. The zero-order chi connectivity index (χ0) is 14.7. The van der Waals surface area contributed by atoms with Crippen LogP contribution in [-0.4, -0.2) is 11.3 Å². The first-order chi connectivity index (χ1) is 10.3. The van der Waals surface area contributed by atoms with Crippen molar-refractivity contribution in [3.8, 4) is 22.5 Å². The van der Waals surface area contributed by atoms with Crippen LogP contribution in [0.3, 0.4) is 0 Å². The van der Waals surface area contributed by atoms with Gasteiger partial charge in [-0.1, -0.05) is 30.3 Å². The molecule has 2 aromatic carbocycles. The number of aldehydes is 1. The van der Waals surface area contributed by atoms with Crippen LogP contribution >= 0.6 is 0 Å². The first-order valence-corrected chi connectivity index (χ1v) is 6.55. The summed E-state index contributed by atoms with van der Waals surface area (Å²) in [5.74, 6) is -0.298. The number of nitrogens with zero attached hydrogens (tertiary/aromatic N) is 1. The molecule has 3 rings (SSSR count). The fourth-order valence-electron chi connectivity index (χ4n) is 2.15. The van der Waals surface area contributed by atoms with Crippen LogP contribution in [0.5, 0.6) is 0 Å². The molecular weight excluding hydrogens is 265 g/mol. The Balaban J connectivity index is 2.13. The molecule has 0 saturated heterocycles. The van der Waals surface area contributed by atoms with Gasteiger partial charge in [-0.3, -0.25) is 4.79 Å². The van der Waals surface area contributed by atoms with Gasteiger partial charge in [0, 0.05) is 16.7 Å². The number of hydrogen-bond donors (Lipinski definition) is 0. The lowest BCUT2D eigenvalue weighted by molar-refractivity contribution is 0.112. The zero-order valence-electron chi connectivity index (χ0n) is 11.2. The Bertz CT molecular complexity index is 767. The molecule has 1 aromatic heterocycles. The average molecular weight is 277 g/mol. The van der Waals surface area contributed by atoms with E-state index in [0.29, 0.717) is 11.3 Å². The minimum Gasteiger partial charge on any atom is -0.298 e. The Labute approximate surface area is 121 Å². The third-order valence-electron chi connectivity index (χ3n) is 3.19. The zero-order valence-corrected chi connectivity index (χ0v) is 11.2. The van der Waals surface area contributed by atoms with Crippen LogP contribution in [0.1, 0.15) is 10.4 Å². The van der Waals surface area contributed by atoms with Gasteiger partial charge < -0.3 is 0 Å². The van der Waals surface area contributed by atoms with Gasteiger partial charge in [0.15, 0.2) is 0 Å². The molecule has 0 atom stereocenters. The topological polar surface area (TPSA) is 30.0 Å². The van der Waals surface area contributed by atoms with Crippen molar-refractivity contribution >= 4 is 6.29 Å². The van der Waals surface area contributed by atoms with E-state index in [2.05, 4.69) is 4.98 Å². The van der Waals surface area contributed by atoms with Gasteiger partial charge in [0.25, 0.3) is 0 Å². The molecule has 0 aliphatic carbocycles. The van der Waals surface area contributed by atoms with Crippen molar-refractivity contribution in [1.82, 2.24) is 4.98 Å². The number of halogens is 1. The molecule has 1 heterocycles. The molecule has 0 aliphatic rings. The van der Waals surface area contributed by atoms with E-state index < -0.39 is 0 Å². The van der Waals surface area contributed by atoms with Crippen LogP contribution in [-0.2, 0) is 0 Å². The predicted octanol–water partition coefficient (Wildman–Crippen LogP) is 4.37. The molecule has 0 amide bonds. The number of pyridine rings is 1. The number of carbonyl (C=O) groups is 1. The fourth-order valence-corrected chi connectivity index (χ4v) is 2.15. The number of rotatable bonds is 3. The molecule has 0 fully saturated rings. The molecule has 0 bridgehead atoms. The maximum atomic E-state index is 13.0. The van der Waals surface area contributed by atoms with Crippen molar-refractivity contribution < 1.29 is 9.18 Å². The van der Waals surface area contributed by atoms with E-state index in [1.165, 1.54) is 12.1 Å². The molecule has 0 unspecified atom stereocenters. The van der Waals surface area contributed by atoms with Gasteiger partial charge in [0.05, 0.1) is 11.4 Å². The summed E-state index contributed by atoms with van der Waals surface area (Å²) in [5, 5.41) is 0. The third kappa shape index (κ3) is 2.87. The largest absolute Gasteiger partial charge is 0.298 e. The molecule has 0 spiro atoms. The van der Waals surface area contributed by atoms with Crippen molar-refractivity contribution in [1.29, 1.82) is 0 Å². The first-order valence-electron chi connectivity index (χ1n) is 6.55. The second kappa shape index (κ2) is 5.67. The van der Waals surface area contributed by atoms with Crippen LogP contribution in [0, 0.1) is 5.82 Å². The molecule has 3 heteroatoms. The minimum atomic E-state index is -0.298. The molecular formula is C18H12FNO. The monoisotopic (exact) mass is 277 g/mol. The maximum Gasteiger partial charge on any atom is 0.150 e. The molecule has 0 saturated carbocycles. The summed E-state index contributed by atoms with van der Waals surface area (Å²) in [4.78, 5) is 15.7. The second-order valence-corrected chi connectivity index (χ2v) is 4.66. The highest BCUT2D eigenvalue weighted by Gasteiger charge is 2.07. The quantitative estimate of drug-likeness (QED) is 0.665. The SMILES string of the molecule is O=Cc1cc(-c2ccccc2)nc(-c2ccc(F)cc2)c1. The summed E-state index contributed by atoms with van der Waals surface area (Å²) >= 11 is 0. The van der Waals surface area contributed by atoms with E-state index in [9.17, 15) is 9.18 Å². The smallest absolute Gasteiger partial charge is 0.150 e. The Morgan fingerprint density at radius 1 is 0.810 bits per heavy atom. The number of carbonyl (C=O) groups excluding carboxylic acids is 1. The van der Waals surface area contributed by atoms with Gasteiger partial charge in [0.2, 0.25) is 0 Å². The van der Waals surface area contributed by atoms with E-state index in [0.717, 1.165) is 23.1 Å². The molecule has 0 N–H and O–H groups in total. The van der Waals surface area contributed by atoms with Gasteiger partial charge in [-0.25, -0.2) is 9.37 Å². The summed E-state index contributed by atoms with van der Waals surface area (Å²) in [7, 11) is 0. The van der Waals surface area contributed by atoms with Gasteiger partial charge >= 0.3 is 0 Å². The number of benzene rings is 2. The molecule has 102 valence electrons. The molecule has 0 aliphatic heterocycles. The van der Waals surface area contributed by atoms with Crippen molar-refractivity contribution in [3.63, 3.8) is 0 Å². The average Bonchev–Trinajstić information content (AvgIpc) is 2.56. The highest BCUT2D eigenvalue weighted by atomic mass is 19.1. The van der Waals surface area contributed by atoms with Gasteiger partial charge in [-0.05, 0) is 36.4 Å². The van der Waals surface area contributed by atoms with Crippen molar-refractivity contribution in [3.05, 3.63) is 78.1 Å². The Morgan fingerprint density at radius 2 is 1.38 bits per heavy atom. The predicted molar refractivity (Wildman–Crippen MR) is 80.5 cm³/mol.